The van der Waals surface area contributed by atoms with Gasteiger partial charge >= 0.3 is 6.03 Å². The van der Waals surface area contributed by atoms with Crippen LogP contribution in [0.2, 0.25) is 0 Å². The lowest BCUT2D eigenvalue weighted by Crippen LogP contribution is -2.42. The van der Waals surface area contributed by atoms with E-state index in [2.05, 4.69) is 12.2 Å². The molecule has 0 saturated carbocycles. The molecule has 158 valence electrons. The number of hydrogen-bond acceptors (Lipinski definition) is 6. The van der Waals surface area contributed by atoms with Crippen LogP contribution in [0.5, 0.6) is 0 Å². The summed E-state index contributed by atoms with van der Waals surface area (Å²) in [5, 5.41) is 2.89. The van der Waals surface area contributed by atoms with Gasteiger partial charge in [-0.15, -0.1) is 11.3 Å². The predicted molar refractivity (Wildman–Crippen MR) is 118 cm³/mol. The van der Waals surface area contributed by atoms with Gasteiger partial charge in [0.2, 0.25) is 5.91 Å². The van der Waals surface area contributed by atoms with E-state index in [1.807, 2.05) is 13.8 Å². The zero-order valence-electron chi connectivity index (χ0n) is 17.1. The first kappa shape index (κ1) is 21.8. The second kappa shape index (κ2) is 9.30. The van der Waals surface area contributed by atoms with Crippen LogP contribution in [0.1, 0.15) is 56.9 Å². The molecule has 1 atom stereocenters. The first-order valence-corrected chi connectivity index (χ1v) is 11.8. The first-order chi connectivity index (χ1) is 13.8. The van der Waals surface area contributed by atoms with Crippen LogP contribution in [0.25, 0.3) is 10.2 Å². The predicted octanol–water partition coefficient (Wildman–Crippen LogP) is 3.45. The highest BCUT2D eigenvalue weighted by Gasteiger charge is 2.29. The van der Waals surface area contributed by atoms with E-state index in [-0.39, 0.29) is 11.5 Å². The highest BCUT2D eigenvalue weighted by atomic mass is 32.2. The number of primary amides is 1. The molecule has 3 rings (SSSR count). The number of thiophene rings is 1. The number of fused-ring (bicyclic) bond motifs is 3. The molecule has 7 nitrogen and oxygen atoms in total. The van der Waals surface area contributed by atoms with Gasteiger partial charge in [0.1, 0.15) is 4.83 Å². The number of imide groups is 1. The summed E-state index contributed by atoms with van der Waals surface area (Å²) in [6.45, 7) is 6.49. The number of amides is 3. The maximum atomic E-state index is 13.4. The average Bonchev–Trinajstić information content (AvgIpc) is 3.21. The molecule has 0 radical (unpaired) electrons. The van der Waals surface area contributed by atoms with Gasteiger partial charge in [0.15, 0.2) is 5.16 Å². The third-order valence-corrected chi connectivity index (χ3v) is 7.84. The molecule has 1 aliphatic rings. The Hall–Kier alpha value is -1.87. The Balaban J connectivity index is 2.04. The highest BCUT2D eigenvalue weighted by Crippen LogP contribution is 2.36. The maximum absolute atomic E-state index is 13.4. The minimum atomic E-state index is -0.875. The van der Waals surface area contributed by atoms with Crippen molar-refractivity contribution in [3.05, 3.63) is 20.8 Å². The molecule has 3 N–H and O–H groups in total. The van der Waals surface area contributed by atoms with Gasteiger partial charge in [-0.3, -0.25) is 19.5 Å². The van der Waals surface area contributed by atoms with Crippen molar-refractivity contribution in [3.63, 3.8) is 0 Å². The van der Waals surface area contributed by atoms with Crippen LogP contribution >= 0.6 is 23.1 Å². The van der Waals surface area contributed by atoms with E-state index in [0.717, 1.165) is 54.3 Å². The normalized spacial score (nSPS) is 14.3. The molecule has 0 fully saturated rings. The number of carbonyl (C=O) groups is 2. The summed E-state index contributed by atoms with van der Waals surface area (Å²) in [4.78, 5) is 43.9. The molecule has 9 heteroatoms. The number of urea groups is 1. The Kier molecular flexibility index (Phi) is 7.00. The van der Waals surface area contributed by atoms with E-state index in [4.69, 9.17) is 10.7 Å². The molecular formula is C20H28N4O3S2. The van der Waals surface area contributed by atoms with Crippen molar-refractivity contribution < 1.29 is 9.59 Å². The first-order valence-electron chi connectivity index (χ1n) is 10.2. The van der Waals surface area contributed by atoms with Gasteiger partial charge in [-0.05, 0) is 37.2 Å². The topological polar surface area (TPSA) is 107 Å². The fraction of sp³-hybridized carbons (Fsp3) is 0.600. The molecule has 0 saturated heterocycles. The van der Waals surface area contributed by atoms with Gasteiger partial charge in [0.25, 0.3) is 5.56 Å². The molecule has 29 heavy (non-hydrogen) atoms. The quantitative estimate of drug-likeness (QED) is 0.374. The Bertz CT molecular complexity index is 980. The van der Waals surface area contributed by atoms with Gasteiger partial charge < -0.3 is 5.73 Å². The number of rotatable bonds is 8. The molecular weight excluding hydrogens is 408 g/mol. The second-order valence-electron chi connectivity index (χ2n) is 7.73. The summed E-state index contributed by atoms with van der Waals surface area (Å²) in [7, 11) is 0. The van der Waals surface area contributed by atoms with E-state index in [1.165, 1.54) is 16.6 Å². The molecule has 1 aliphatic carbocycles. The van der Waals surface area contributed by atoms with Gasteiger partial charge in [-0.25, -0.2) is 9.78 Å². The molecule has 2 aromatic heterocycles. The lowest BCUT2D eigenvalue weighted by Gasteiger charge is -2.20. The molecule has 0 aliphatic heterocycles. The van der Waals surface area contributed by atoms with Crippen LogP contribution in [-0.2, 0) is 24.2 Å². The van der Waals surface area contributed by atoms with Gasteiger partial charge in [0.05, 0.1) is 10.6 Å². The zero-order valence-corrected chi connectivity index (χ0v) is 18.8. The number of aryl methyl sites for hydroxylation is 2. The largest absolute Gasteiger partial charge is 0.351 e. The number of aromatic nitrogens is 2. The summed E-state index contributed by atoms with van der Waals surface area (Å²) < 4.78 is 1.72. The Morgan fingerprint density at radius 2 is 2.07 bits per heavy atom. The molecule has 2 aromatic rings. The van der Waals surface area contributed by atoms with Crippen molar-refractivity contribution in [2.45, 2.75) is 76.2 Å². The van der Waals surface area contributed by atoms with Gasteiger partial charge in [-0.2, -0.15) is 0 Å². The van der Waals surface area contributed by atoms with Crippen LogP contribution in [0.3, 0.4) is 0 Å². The molecule has 1 unspecified atom stereocenters. The Morgan fingerprint density at radius 1 is 1.31 bits per heavy atom. The van der Waals surface area contributed by atoms with E-state index in [0.29, 0.717) is 11.7 Å². The fourth-order valence-electron chi connectivity index (χ4n) is 3.66. The van der Waals surface area contributed by atoms with Crippen molar-refractivity contribution in [1.29, 1.82) is 0 Å². The van der Waals surface area contributed by atoms with Gasteiger partial charge in [0, 0.05) is 11.4 Å². The van der Waals surface area contributed by atoms with Crippen LogP contribution in [0.15, 0.2) is 9.95 Å². The van der Waals surface area contributed by atoms with E-state index in [9.17, 15) is 14.4 Å². The second-order valence-corrected chi connectivity index (χ2v) is 9.92. The highest BCUT2D eigenvalue weighted by molar-refractivity contribution is 8.00. The molecule has 0 spiro atoms. The summed E-state index contributed by atoms with van der Waals surface area (Å²) in [6, 6.07) is -0.875. The number of nitrogens with two attached hydrogens (primary N) is 1. The van der Waals surface area contributed by atoms with Crippen LogP contribution in [-0.4, -0.2) is 26.7 Å². The standard InChI is InChI=1S/C20H28N4O3S2/c1-4-5-6-10-24-18(26)14-12-8-7-9-13(12)28-17(14)23-20(24)29-15(11(2)3)16(25)22-19(21)27/h11,15H,4-10H2,1-3H3,(H3,21,22,25,27). The van der Waals surface area contributed by atoms with Crippen LogP contribution in [0.4, 0.5) is 4.79 Å². The molecule has 2 heterocycles. The number of thioether (sulfide) groups is 1. The van der Waals surface area contributed by atoms with E-state index < -0.39 is 17.2 Å². The van der Waals surface area contributed by atoms with Crippen molar-refractivity contribution in [3.8, 4) is 0 Å². The molecule has 0 bridgehead atoms. The summed E-state index contributed by atoms with van der Waals surface area (Å²) in [6.07, 6.45) is 5.98. The summed E-state index contributed by atoms with van der Waals surface area (Å²) in [5.41, 5.74) is 6.28. The Labute approximate surface area is 178 Å². The smallest absolute Gasteiger partial charge is 0.318 e. The van der Waals surface area contributed by atoms with E-state index in [1.54, 1.807) is 15.9 Å². The fourth-order valence-corrected chi connectivity index (χ4v) is 6.08. The van der Waals surface area contributed by atoms with Gasteiger partial charge in [-0.1, -0.05) is 45.4 Å². The lowest BCUT2D eigenvalue weighted by atomic mass is 10.1. The summed E-state index contributed by atoms with van der Waals surface area (Å²) >= 11 is 2.83. The number of nitrogens with one attached hydrogen (secondary N) is 1. The lowest BCUT2D eigenvalue weighted by molar-refractivity contribution is -0.120. The van der Waals surface area contributed by atoms with Crippen molar-refractivity contribution >= 4 is 45.3 Å². The number of carbonyl (C=O) groups excluding carboxylic acids is 2. The van der Waals surface area contributed by atoms with Crippen LogP contribution < -0.4 is 16.6 Å². The third-order valence-electron chi connectivity index (χ3n) is 5.12. The summed E-state index contributed by atoms with van der Waals surface area (Å²) in [5.74, 6) is -0.523. The number of nitrogens with zero attached hydrogens (tertiary/aromatic N) is 2. The van der Waals surface area contributed by atoms with Crippen LogP contribution in [0, 0.1) is 5.92 Å². The monoisotopic (exact) mass is 436 g/mol. The SMILES string of the molecule is CCCCCn1c(SC(C(=O)NC(N)=O)C(C)C)nc2sc3c(c2c1=O)CCC3. The minimum Gasteiger partial charge on any atom is -0.351 e. The number of hydrogen-bond donors (Lipinski definition) is 2. The third kappa shape index (κ3) is 4.66. The van der Waals surface area contributed by atoms with E-state index >= 15 is 0 Å². The molecule has 0 aromatic carbocycles. The average molecular weight is 437 g/mol. The van der Waals surface area contributed by atoms with Crippen molar-refractivity contribution in [2.24, 2.45) is 11.7 Å². The van der Waals surface area contributed by atoms with Crippen molar-refractivity contribution in [1.82, 2.24) is 14.9 Å². The Morgan fingerprint density at radius 3 is 2.72 bits per heavy atom. The minimum absolute atomic E-state index is 0.00850. The van der Waals surface area contributed by atoms with Crippen molar-refractivity contribution in [2.75, 3.05) is 0 Å². The maximum Gasteiger partial charge on any atom is 0.318 e. The molecule has 3 amide bonds. The number of unbranched alkanes of at least 4 members (excludes halogenated alkanes) is 2. The zero-order chi connectivity index (χ0) is 21.1.